The third-order valence-corrected chi connectivity index (χ3v) is 7.61. The van der Waals surface area contributed by atoms with Gasteiger partial charge in [0, 0.05) is 36.8 Å². The zero-order chi connectivity index (χ0) is 24.3. The van der Waals surface area contributed by atoms with E-state index in [2.05, 4.69) is 31.4 Å². The summed E-state index contributed by atoms with van der Waals surface area (Å²) in [5, 5.41) is 7.97. The van der Waals surface area contributed by atoms with Gasteiger partial charge < -0.3 is 15.5 Å². The van der Waals surface area contributed by atoms with E-state index in [0.717, 1.165) is 11.1 Å². The second-order valence-corrected chi connectivity index (χ2v) is 11.6. The number of nitrogens with one attached hydrogen (secondary N) is 2. The number of benzene rings is 2. The van der Waals surface area contributed by atoms with Crippen LogP contribution in [0.15, 0.2) is 36.4 Å². The predicted octanol–water partition coefficient (Wildman–Crippen LogP) is 5.49. The molecule has 176 valence electrons. The van der Waals surface area contributed by atoms with Crippen molar-refractivity contribution in [2.45, 2.75) is 50.6 Å². The molecule has 0 bridgehead atoms. The van der Waals surface area contributed by atoms with Gasteiger partial charge in [0.15, 0.2) is 0 Å². The molecule has 4 unspecified atom stereocenters. The number of nitrogens with zero attached hydrogens (tertiary/aromatic N) is 1. The number of anilines is 1. The largest absolute Gasteiger partial charge is 0.347 e. The van der Waals surface area contributed by atoms with Crippen LogP contribution < -0.4 is 10.6 Å². The van der Waals surface area contributed by atoms with Crippen molar-refractivity contribution in [1.29, 1.82) is 0 Å². The fourth-order valence-corrected chi connectivity index (χ4v) is 5.87. The number of hydrogen-bond acceptors (Lipinski definition) is 3. The smallest absolute Gasteiger partial charge is 0.239 e. The summed E-state index contributed by atoms with van der Waals surface area (Å²) in [5.41, 5.74) is 1.17. The van der Waals surface area contributed by atoms with Crippen molar-refractivity contribution in [2.24, 2.45) is 5.41 Å². The fraction of sp³-hybridized carbons (Fsp3) is 0.440. The minimum absolute atomic E-state index is 0.0988. The molecule has 0 aromatic heterocycles. The number of carbonyl (C=O) groups is 2. The molecule has 2 amide bonds. The second kappa shape index (κ2) is 8.46. The first-order valence-electron chi connectivity index (χ1n) is 10.9. The molecule has 4 atom stereocenters. The Morgan fingerprint density at radius 3 is 2.36 bits per heavy atom. The Morgan fingerprint density at radius 2 is 1.76 bits per heavy atom. The van der Waals surface area contributed by atoms with Gasteiger partial charge in [0.1, 0.15) is 5.41 Å². The summed E-state index contributed by atoms with van der Waals surface area (Å²) in [7, 11) is 3.45. The van der Waals surface area contributed by atoms with Gasteiger partial charge in [-0.2, -0.15) is 0 Å². The lowest BCUT2D eigenvalue weighted by Gasteiger charge is -2.37. The average molecular weight is 509 g/mol. The minimum Gasteiger partial charge on any atom is -0.347 e. The molecular formula is C25H28Cl3N3O2. The Labute approximate surface area is 209 Å². The Hall–Kier alpha value is -1.79. The Kier molecular flexibility index (Phi) is 6.24. The quantitative estimate of drug-likeness (QED) is 0.577. The number of rotatable bonds is 3. The van der Waals surface area contributed by atoms with Crippen molar-refractivity contribution in [3.05, 3.63) is 62.6 Å². The molecule has 0 aliphatic carbocycles. The Balaban J connectivity index is 2.02. The molecule has 1 spiro atoms. The van der Waals surface area contributed by atoms with E-state index in [9.17, 15) is 9.59 Å². The van der Waals surface area contributed by atoms with Crippen LogP contribution in [0.1, 0.15) is 44.2 Å². The van der Waals surface area contributed by atoms with Crippen molar-refractivity contribution < 1.29 is 9.59 Å². The van der Waals surface area contributed by atoms with Crippen LogP contribution in [-0.2, 0) is 15.0 Å². The predicted molar refractivity (Wildman–Crippen MR) is 134 cm³/mol. The molecule has 2 aromatic carbocycles. The van der Waals surface area contributed by atoms with Crippen molar-refractivity contribution >= 4 is 52.3 Å². The van der Waals surface area contributed by atoms with Crippen molar-refractivity contribution in [1.82, 2.24) is 10.2 Å². The van der Waals surface area contributed by atoms with E-state index in [1.807, 2.05) is 12.1 Å². The molecule has 2 N–H and O–H groups in total. The first-order chi connectivity index (χ1) is 15.4. The Bertz CT molecular complexity index is 1130. The van der Waals surface area contributed by atoms with Crippen LogP contribution in [0.3, 0.4) is 0 Å². The highest BCUT2D eigenvalue weighted by atomic mass is 35.5. The highest BCUT2D eigenvalue weighted by molar-refractivity contribution is 6.42. The first kappa shape index (κ1) is 24.3. The molecular weight excluding hydrogens is 481 g/mol. The summed E-state index contributed by atoms with van der Waals surface area (Å²) < 4.78 is 0. The third-order valence-electron chi connectivity index (χ3n) is 6.63. The third kappa shape index (κ3) is 4.03. The van der Waals surface area contributed by atoms with Gasteiger partial charge in [-0.25, -0.2) is 0 Å². The fourth-order valence-electron chi connectivity index (χ4n) is 5.39. The van der Waals surface area contributed by atoms with Crippen LogP contribution in [-0.4, -0.2) is 42.9 Å². The van der Waals surface area contributed by atoms with E-state index in [4.69, 9.17) is 34.8 Å². The molecule has 0 radical (unpaired) electrons. The number of amides is 2. The highest BCUT2D eigenvalue weighted by Crippen LogP contribution is 2.57. The molecule has 5 nitrogen and oxygen atoms in total. The lowest BCUT2D eigenvalue weighted by Crippen LogP contribution is -2.49. The van der Waals surface area contributed by atoms with E-state index in [-0.39, 0.29) is 23.3 Å². The Morgan fingerprint density at radius 1 is 1.06 bits per heavy atom. The van der Waals surface area contributed by atoms with E-state index in [1.54, 1.807) is 43.3 Å². The van der Waals surface area contributed by atoms with Crippen LogP contribution >= 0.6 is 34.8 Å². The van der Waals surface area contributed by atoms with Crippen LogP contribution in [0.2, 0.25) is 15.1 Å². The van der Waals surface area contributed by atoms with E-state index in [1.165, 1.54) is 0 Å². The number of likely N-dealkylation sites (N-methyl/N-ethyl adjacent to an activating group) is 1. The van der Waals surface area contributed by atoms with Crippen molar-refractivity contribution in [3.8, 4) is 0 Å². The number of fused-ring (bicyclic) bond motifs is 2. The first-order valence-corrected chi connectivity index (χ1v) is 12.0. The molecule has 1 saturated heterocycles. The van der Waals surface area contributed by atoms with Gasteiger partial charge in [-0.05, 0) is 47.2 Å². The zero-order valence-corrected chi connectivity index (χ0v) is 21.6. The molecule has 0 saturated carbocycles. The second-order valence-electron chi connectivity index (χ2n) is 10.4. The van der Waals surface area contributed by atoms with E-state index in [0.29, 0.717) is 27.2 Å². The number of carbonyl (C=O) groups excluding carboxylic acids is 2. The highest BCUT2D eigenvalue weighted by Gasteiger charge is 2.65. The van der Waals surface area contributed by atoms with E-state index < -0.39 is 17.4 Å². The van der Waals surface area contributed by atoms with Gasteiger partial charge in [-0.1, -0.05) is 67.7 Å². The lowest BCUT2D eigenvalue weighted by molar-refractivity contribution is -0.131. The maximum absolute atomic E-state index is 14.0. The van der Waals surface area contributed by atoms with Gasteiger partial charge in [0.2, 0.25) is 11.8 Å². The lowest BCUT2D eigenvalue weighted by atomic mass is 9.62. The minimum atomic E-state index is -1.03. The summed E-state index contributed by atoms with van der Waals surface area (Å²) in [6, 6.07) is 9.89. The van der Waals surface area contributed by atoms with Crippen molar-refractivity contribution in [2.75, 3.05) is 19.4 Å². The molecule has 2 aliphatic rings. The molecule has 2 heterocycles. The van der Waals surface area contributed by atoms with Gasteiger partial charge in [-0.15, -0.1) is 0 Å². The maximum Gasteiger partial charge on any atom is 0.239 e. The standard InChI is InChI=1S/C25H28Cl3N3O2/c1-24(2,3)12-19-25(15-8-7-14(26)11-18(15)29-23(25)33)20(21(30-19)22(32)31(4)5)13-6-9-16(27)17(28)10-13/h6-11,19-21,30H,12H2,1-5H3,(H,29,33). The molecule has 33 heavy (non-hydrogen) atoms. The molecule has 2 aliphatic heterocycles. The summed E-state index contributed by atoms with van der Waals surface area (Å²) in [6.07, 6.45) is 0.678. The topological polar surface area (TPSA) is 61.4 Å². The molecule has 2 aromatic rings. The van der Waals surface area contributed by atoms with Gasteiger partial charge in [0.25, 0.3) is 0 Å². The van der Waals surface area contributed by atoms with Crippen LogP contribution in [0.25, 0.3) is 0 Å². The SMILES string of the molecule is CN(C)C(=O)C1NC(CC(C)(C)C)C2(C(=O)Nc3cc(Cl)ccc32)C1c1ccc(Cl)c(Cl)c1. The number of halogens is 3. The monoisotopic (exact) mass is 507 g/mol. The van der Waals surface area contributed by atoms with Gasteiger partial charge >= 0.3 is 0 Å². The summed E-state index contributed by atoms with van der Waals surface area (Å²) in [4.78, 5) is 29.0. The van der Waals surface area contributed by atoms with Crippen molar-refractivity contribution in [3.63, 3.8) is 0 Å². The maximum atomic E-state index is 14.0. The van der Waals surface area contributed by atoms with Gasteiger partial charge in [0.05, 0.1) is 16.1 Å². The van der Waals surface area contributed by atoms with Crippen LogP contribution in [0.5, 0.6) is 0 Å². The van der Waals surface area contributed by atoms with Crippen LogP contribution in [0.4, 0.5) is 5.69 Å². The molecule has 8 heteroatoms. The van der Waals surface area contributed by atoms with Crippen LogP contribution in [0, 0.1) is 5.41 Å². The molecule has 4 rings (SSSR count). The summed E-state index contributed by atoms with van der Waals surface area (Å²) in [6.45, 7) is 6.40. The number of hydrogen-bond donors (Lipinski definition) is 2. The molecule has 1 fully saturated rings. The van der Waals surface area contributed by atoms with E-state index >= 15 is 0 Å². The normalized spacial score (nSPS) is 26.4. The summed E-state index contributed by atoms with van der Waals surface area (Å²) in [5.74, 6) is -0.749. The van der Waals surface area contributed by atoms with Gasteiger partial charge in [-0.3, -0.25) is 9.59 Å². The summed E-state index contributed by atoms with van der Waals surface area (Å²) >= 11 is 18.9. The zero-order valence-electron chi connectivity index (χ0n) is 19.3. The average Bonchev–Trinajstić information content (AvgIpc) is 3.17.